The van der Waals surface area contributed by atoms with E-state index in [1.54, 1.807) is 18.2 Å². The Morgan fingerprint density at radius 2 is 1.90 bits per heavy atom. The van der Waals surface area contributed by atoms with Gasteiger partial charge in [0.05, 0.1) is 6.42 Å². The second-order valence-electron chi connectivity index (χ2n) is 6.41. The van der Waals surface area contributed by atoms with Gasteiger partial charge in [0.2, 0.25) is 5.91 Å². The highest BCUT2D eigenvalue weighted by Gasteiger charge is 2.28. The molecule has 116 valence electrons. The first-order chi connectivity index (χ1) is 9.99. The van der Waals surface area contributed by atoms with Crippen molar-refractivity contribution in [2.24, 2.45) is 0 Å². The Morgan fingerprint density at radius 1 is 1.24 bits per heavy atom. The molecule has 2 rings (SSSR count). The van der Waals surface area contributed by atoms with Gasteiger partial charge in [-0.15, -0.1) is 0 Å². The molecule has 0 saturated carbocycles. The van der Waals surface area contributed by atoms with Crippen molar-refractivity contribution >= 4 is 5.91 Å². The Morgan fingerprint density at radius 3 is 2.57 bits per heavy atom. The van der Waals surface area contributed by atoms with E-state index in [1.807, 2.05) is 0 Å². The smallest absolute Gasteiger partial charge is 0.224 e. The summed E-state index contributed by atoms with van der Waals surface area (Å²) >= 11 is 0. The third-order valence-electron chi connectivity index (χ3n) is 4.24. The molecule has 1 aromatic carbocycles. The molecular weight excluding hydrogens is 267 g/mol. The number of halogens is 1. The quantitative estimate of drug-likeness (QED) is 0.905. The van der Waals surface area contributed by atoms with E-state index < -0.39 is 0 Å². The first-order valence-electron chi connectivity index (χ1n) is 7.74. The second kappa shape index (κ2) is 7.03. The maximum atomic E-state index is 13.5. The molecule has 21 heavy (non-hydrogen) atoms. The molecule has 0 atom stereocenters. The Hall–Kier alpha value is -1.42. The number of likely N-dealkylation sites (tertiary alicyclic amines) is 1. The van der Waals surface area contributed by atoms with Crippen LogP contribution in [0.4, 0.5) is 4.39 Å². The maximum Gasteiger partial charge on any atom is 0.224 e. The van der Waals surface area contributed by atoms with E-state index in [9.17, 15) is 9.18 Å². The van der Waals surface area contributed by atoms with Crippen molar-refractivity contribution in [3.05, 3.63) is 35.6 Å². The summed E-state index contributed by atoms with van der Waals surface area (Å²) in [5.74, 6) is -0.437. The van der Waals surface area contributed by atoms with Crippen molar-refractivity contribution in [3.8, 4) is 0 Å². The average molecular weight is 292 g/mol. The summed E-state index contributed by atoms with van der Waals surface area (Å²) in [6.45, 7) is 7.09. The molecule has 1 aliphatic heterocycles. The Bertz CT molecular complexity index is 481. The normalized spacial score (nSPS) is 16.7. The minimum Gasteiger partial charge on any atom is -0.354 e. The highest BCUT2D eigenvalue weighted by molar-refractivity contribution is 5.78. The fraction of sp³-hybridized carbons (Fsp3) is 0.588. The minimum absolute atomic E-state index is 0.0503. The largest absolute Gasteiger partial charge is 0.354 e. The molecule has 1 fully saturated rings. The van der Waals surface area contributed by atoms with Crippen molar-refractivity contribution in [2.75, 3.05) is 19.6 Å². The molecule has 1 amide bonds. The molecule has 0 spiro atoms. The number of piperidine rings is 1. The van der Waals surface area contributed by atoms with Gasteiger partial charge in [-0.3, -0.25) is 9.69 Å². The molecule has 4 heteroatoms. The summed E-state index contributed by atoms with van der Waals surface area (Å²) in [5, 5.41) is 2.95. The highest BCUT2D eigenvalue weighted by Crippen LogP contribution is 2.19. The highest BCUT2D eigenvalue weighted by atomic mass is 19.1. The Kier molecular flexibility index (Phi) is 5.34. The van der Waals surface area contributed by atoms with Crippen LogP contribution in [-0.4, -0.2) is 36.0 Å². The van der Waals surface area contributed by atoms with Crippen LogP contribution in [0.15, 0.2) is 24.3 Å². The van der Waals surface area contributed by atoms with Crippen LogP contribution in [0, 0.1) is 5.82 Å². The molecule has 0 aliphatic carbocycles. The van der Waals surface area contributed by atoms with Crippen molar-refractivity contribution in [2.45, 2.75) is 45.1 Å². The number of nitrogens with zero attached hydrogens (tertiary/aromatic N) is 1. The van der Waals surface area contributed by atoms with Crippen LogP contribution in [-0.2, 0) is 11.2 Å². The fourth-order valence-corrected chi connectivity index (χ4v) is 2.80. The average Bonchev–Trinajstić information content (AvgIpc) is 2.49. The van der Waals surface area contributed by atoms with Gasteiger partial charge < -0.3 is 5.32 Å². The van der Waals surface area contributed by atoms with Crippen LogP contribution in [0.25, 0.3) is 0 Å². The third kappa shape index (κ3) is 4.53. The van der Waals surface area contributed by atoms with Gasteiger partial charge in [0.15, 0.2) is 0 Å². The number of nitrogens with one attached hydrogen (secondary N) is 1. The number of hydrogen-bond donors (Lipinski definition) is 1. The maximum absolute atomic E-state index is 13.5. The summed E-state index contributed by atoms with van der Waals surface area (Å²) in [7, 11) is 0. The number of carbonyl (C=O) groups is 1. The van der Waals surface area contributed by atoms with Crippen molar-refractivity contribution in [1.82, 2.24) is 10.2 Å². The lowest BCUT2D eigenvalue weighted by molar-refractivity contribution is -0.121. The van der Waals surface area contributed by atoms with Gasteiger partial charge in [-0.05, 0) is 51.4 Å². The first kappa shape index (κ1) is 16.0. The summed E-state index contributed by atoms with van der Waals surface area (Å²) in [6, 6.07) is 6.44. The first-order valence-corrected chi connectivity index (χ1v) is 7.74. The van der Waals surface area contributed by atoms with E-state index in [0.717, 1.165) is 13.1 Å². The van der Waals surface area contributed by atoms with Gasteiger partial charge in [0.1, 0.15) is 5.82 Å². The predicted octanol–water partition coefficient (Wildman–Crippen LogP) is 2.75. The molecule has 0 radical (unpaired) electrons. The molecule has 1 aliphatic rings. The van der Waals surface area contributed by atoms with Crippen LogP contribution in [0.1, 0.15) is 38.7 Å². The molecule has 0 bridgehead atoms. The fourth-order valence-electron chi connectivity index (χ4n) is 2.80. The summed E-state index contributed by atoms with van der Waals surface area (Å²) < 4.78 is 13.5. The lowest BCUT2D eigenvalue weighted by Gasteiger charge is -2.41. The third-order valence-corrected chi connectivity index (χ3v) is 4.24. The number of carbonyl (C=O) groups excluding carboxylic acids is 1. The van der Waals surface area contributed by atoms with Gasteiger partial charge in [0, 0.05) is 12.1 Å². The van der Waals surface area contributed by atoms with E-state index in [-0.39, 0.29) is 23.7 Å². The molecule has 3 nitrogen and oxygen atoms in total. The number of benzene rings is 1. The van der Waals surface area contributed by atoms with Gasteiger partial charge >= 0.3 is 0 Å². The van der Waals surface area contributed by atoms with Crippen LogP contribution in [0.2, 0.25) is 0 Å². The zero-order valence-electron chi connectivity index (χ0n) is 13.0. The predicted molar refractivity (Wildman–Crippen MR) is 82.6 cm³/mol. The molecule has 1 heterocycles. The van der Waals surface area contributed by atoms with Crippen molar-refractivity contribution in [3.63, 3.8) is 0 Å². The van der Waals surface area contributed by atoms with E-state index >= 15 is 0 Å². The topological polar surface area (TPSA) is 32.3 Å². The zero-order valence-corrected chi connectivity index (χ0v) is 13.0. The zero-order chi connectivity index (χ0) is 15.3. The molecule has 1 aromatic rings. The summed E-state index contributed by atoms with van der Waals surface area (Å²) in [5.41, 5.74) is 0.400. The lowest BCUT2D eigenvalue weighted by atomic mass is 9.98. The Labute approximate surface area is 126 Å². The van der Waals surface area contributed by atoms with Gasteiger partial charge in [-0.25, -0.2) is 4.39 Å². The molecule has 0 aromatic heterocycles. The van der Waals surface area contributed by atoms with Crippen molar-refractivity contribution < 1.29 is 9.18 Å². The van der Waals surface area contributed by atoms with Crippen LogP contribution >= 0.6 is 0 Å². The van der Waals surface area contributed by atoms with Crippen molar-refractivity contribution in [1.29, 1.82) is 0 Å². The van der Waals surface area contributed by atoms with Crippen LogP contribution in [0.5, 0.6) is 0 Å². The van der Waals surface area contributed by atoms with E-state index in [0.29, 0.717) is 12.1 Å². The number of hydrogen-bond acceptors (Lipinski definition) is 2. The lowest BCUT2D eigenvalue weighted by Crippen LogP contribution is -2.53. The van der Waals surface area contributed by atoms with Gasteiger partial charge in [-0.2, -0.15) is 0 Å². The Balaban J connectivity index is 1.84. The minimum atomic E-state index is -0.317. The number of amides is 1. The van der Waals surface area contributed by atoms with Crippen LogP contribution < -0.4 is 5.32 Å². The molecular formula is C17H25FN2O. The summed E-state index contributed by atoms with van der Waals surface area (Å²) in [6.07, 6.45) is 3.86. The monoisotopic (exact) mass is 292 g/mol. The standard InChI is InChI=1S/C17H25FN2O/c1-17(2,20-10-6-3-7-11-20)13-19-16(21)12-14-8-4-5-9-15(14)18/h4-5,8-9H,3,6-7,10-13H2,1-2H3,(H,19,21). The van der Waals surface area contributed by atoms with Crippen LogP contribution in [0.3, 0.4) is 0 Å². The van der Waals surface area contributed by atoms with E-state index in [4.69, 9.17) is 0 Å². The molecule has 0 unspecified atom stereocenters. The van der Waals surface area contributed by atoms with Gasteiger partial charge in [-0.1, -0.05) is 24.6 Å². The van der Waals surface area contributed by atoms with E-state index in [2.05, 4.69) is 24.1 Å². The number of rotatable bonds is 5. The molecule has 1 saturated heterocycles. The SMILES string of the molecule is CC(C)(CNC(=O)Cc1ccccc1F)N1CCCCC1. The second-order valence-corrected chi connectivity index (χ2v) is 6.41. The van der Waals surface area contributed by atoms with E-state index in [1.165, 1.54) is 25.3 Å². The van der Waals surface area contributed by atoms with Gasteiger partial charge in [0.25, 0.3) is 0 Å². The summed E-state index contributed by atoms with van der Waals surface area (Å²) in [4.78, 5) is 14.4. The molecule has 1 N–H and O–H groups in total.